The van der Waals surface area contributed by atoms with Gasteiger partial charge in [0.15, 0.2) is 0 Å². The molecule has 1 aliphatic heterocycles. The molecule has 3 rings (SSSR count). The fourth-order valence-electron chi connectivity index (χ4n) is 3.03. The molecule has 1 amide bonds. The van der Waals surface area contributed by atoms with E-state index >= 15 is 0 Å². The molecule has 3 nitrogen and oxygen atoms in total. The van der Waals surface area contributed by atoms with Gasteiger partial charge in [0.05, 0.1) is 6.10 Å². The Morgan fingerprint density at radius 1 is 1.19 bits per heavy atom. The van der Waals surface area contributed by atoms with Crippen LogP contribution in [0.5, 0.6) is 0 Å². The number of halogens is 1. The van der Waals surface area contributed by atoms with E-state index in [1.165, 1.54) is 5.56 Å². The Morgan fingerprint density at radius 2 is 1.92 bits per heavy atom. The third-order valence-corrected chi connectivity index (χ3v) is 4.79. The van der Waals surface area contributed by atoms with Crippen molar-refractivity contribution in [1.82, 2.24) is 4.90 Å². The fourth-order valence-corrected chi connectivity index (χ4v) is 3.15. The quantitative estimate of drug-likeness (QED) is 0.680. The lowest BCUT2D eigenvalue weighted by atomic mass is 10.1. The van der Waals surface area contributed by atoms with Crippen LogP contribution in [0.1, 0.15) is 29.5 Å². The first-order valence-corrected chi connectivity index (χ1v) is 9.37. The summed E-state index contributed by atoms with van der Waals surface area (Å²) in [5, 5.41) is 0.699. The molecular formula is C22H24ClNO2. The Labute approximate surface area is 160 Å². The van der Waals surface area contributed by atoms with E-state index in [2.05, 4.69) is 0 Å². The van der Waals surface area contributed by atoms with Gasteiger partial charge >= 0.3 is 0 Å². The van der Waals surface area contributed by atoms with Crippen molar-refractivity contribution in [3.05, 3.63) is 76.3 Å². The third-order valence-electron chi connectivity index (χ3n) is 4.54. The SMILES string of the molecule is Cc1ccc(/C=C/C(=O)N(Cc2ccc(Cl)cc2)C[C@H]2CCCO2)cc1. The molecule has 0 radical (unpaired) electrons. The molecule has 26 heavy (non-hydrogen) atoms. The first kappa shape index (κ1) is 18.7. The van der Waals surface area contributed by atoms with Crippen LogP contribution in [0.2, 0.25) is 5.02 Å². The van der Waals surface area contributed by atoms with Crippen molar-refractivity contribution in [2.24, 2.45) is 0 Å². The summed E-state index contributed by atoms with van der Waals surface area (Å²) >= 11 is 5.97. The summed E-state index contributed by atoms with van der Waals surface area (Å²) in [7, 11) is 0. The second kappa shape index (κ2) is 9.02. The topological polar surface area (TPSA) is 29.5 Å². The highest BCUT2D eigenvalue weighted by molar-refractivity contribution is 6.30. The molecule has 0 bridgehead atoms. The second-order valence-corrected chi connectivity index (χ2v) is 7.16. The summed E-state index contributed by atoms with van der Waals surface area (Å²) in [5.41, 5.74) is 3.29. The van der Waals surface area contributed by atoms with Crippen LogP contribution in [0.3, 0.4) is 0 Å². The third kappa shape index (κ3) is 5.45. The van der Waals surface area contributed by atoms with Gasteiger partial charge in [-0.15, -0.1) is 0 Å². The largest absolute Gasteiger partial charge is 0.376 e. The summed E-state index contributed by atoms with van der Waals surface area (Å²) in [6, 6.07) is 15.8. The Bertz CT molecular complexity index is 747. The molecule has 2 aromatic rings. The molecule has 136 valence electrons. The van der Waals surface area contributed by atoms with Crippen molar-refractivity contribution in [3.8, 4) is 0 Å². The lowest BCUT2D eigenvalue weighted by Gasteiger charge is -2.24. The number of hydrogen-bond donors (Lipinski definition) is 0. The maximum atomic E-state index is 12.8. The molecule has 1 atom stereocenters. The van der Waals surface area contributed by atoms with Gasteiger partial charge in [-0.3, -0.25) is 4.79 Å². The zero-order chi connectivity index (χ0) is 18.4. The highest BCUT2D eigenvalue weighted by Gasteiger charge is 2.21. The summed E-state index contributed by atoms with van der Waals surface area (Å²) in [4.78, 5) is 14.7. The van der Waals surface area contributed by atoms with Crippen molar-refractivity contribution >= 4 is 23.6 Å². The molecule has 4 heteroatoms. The Hall–Kier alpha value is -2.10. The average Bonchev–Trinajstić information content (AvgIpc) is 3.15. The molecular weight excluding hydrogens is 346 g/mol. The van der Waals surface area contributed by atoms with Crippen molar-refractivity contribution in [3.63, 3.8) is 0 Å². The number of nitrogens with zero attached hydrogens (tertiary/aromatic N) is 1. The van der Waals surface area contributed by atoms with Gasteiger partial charge in [0, 0.05) is 30.8 Å². The molecule has 1 heterocycles. The van der Waals surface area contributed by atoms with Crippen LogP contribution < -0.4 is 0 Å². The Balaban J connectivity index is 1.71. The number of ether oxygens (including phenoxy) is 1. The van der Waals surface area contributed by atoms with Crippen molar-refractivity contribution in [2.75, 3.05) is 13.2 Å². The van der Waals surface area contributed by atoms with Crippen molar-refractivity contribution in [2.45, 2.75) is 32.4 Å². The summed E-state index contributed by atoms with van der Waals surface area (Å²) in [6.07, 6.45) is 5.71. The number of hydrogen-bond acceptors (Lipinski definition) is 2. The molecule has 1 aliphatic rings. The summed E-state index contributed by atoms with van der Waals surface area (Å²) in [6.45, 7) is 3.99. The average molecular weight is 370 g/mol. The van der Waals surface area contributed by atoms with Crippen LogP contribution in [0.15, 0.2) is 54.6 Å². The highest BCUT2D eigenvalue weighted by Crippen LogP contribution is 2.17. The van der Waals surface area contributed by atoms with E-state index in [4.69, 9.17) is 16.3 Å². The first-order chi connectivity index (χ1) is 12.6. The number of carbonyl (C=O) groups excluding carboxylic acids is 1. The van der Waals surface area contributed by atoms with Crippen LogP contribution in [0, 0.1) is 6.92 Å². The van der Waals surface area contributed by atoms with Crippen LogP contribution in [-0.4, -0.2) is 30.1 Å². The van der Waals surface area contributed by atoms with Gasteiger partial charge in [0.25, 0.3) is 0 Å². The van der Waals surface area contributed by atoms with E-state index in [0.717, 1.165) is 30.6 Å². The first-order valence-electron chi connectivity index (χ1n) is 9.00. The molecule has 0 aliphatic carbocycles. The van der Waals surface area contributed by atoms with E-state index in [1.54, 1.807) is 6.08 Å². The minimum Gasteiger partial charge on any atom is -0.376 e. The van der Waals surface area contributed by atoms with Crippen molar-refractivity contribution < 1.29 is 9.53 Å². The van der Waals surface area contributed by atoms with E-state index in [0.29, 0.717) is 18.1 Å². The van der Waals surface area contributed by atoms with Gasteiger partial charge in [-0.25, -0.2) is 0 Å². The van der Waals surface area contributed by atoms with Gasteiger partial charge in [0.2, 0.25) is 5.91 Å². The molecule has 0 N–H and O–H groups in total. The number of carbonyl (C=O) groups is 1. The molecule has 2 aromatic carbocycles. The molecule has 0 saturated carbocycles. The highest BCUT2D eigenvalue weighted by atomic mass is 35.5. The lowest BCUT2D eigenvalue weighted by Crippen LogP contribution is -2.35. The van der Waals surface area contributed by atoms with Crippen LogP contribution in [0.4, 0.5) is 0 Å². The second-order valence-electron chi connectivity index (χ2n) is 6.72. The summed E-state index contributed by atoms with van der Waals surface area (Å²) in [5.74, 6) is -0.00368. The number of aryl methyl sites for hydroxylation is 1. The minimum absolute atomic E-state index is 0.00368. The maximum absolute atomic E-state index is 12.8. The maximum Gasteiger partial charge on any atom is 0.246 e. The van der Waals surface area contributed by atoms with Gasteiger partial charge in [0.1, 0.15) is 0 Å². The Morgan fingerprint density at radius 3 is 2.58 bits per heavy atom. The summed E-state index contributed by atoms with van der Waals surface area (Å²) < 4.78 is 5.73. The molecule has 1 fully saturated rings. The number of rotatable bonds is 6. The molecule has 1 saturated heterocycles. The number of amides is 1. The van der Waals surface area contributed by atoms with E-state index < -0.39 is 0 Å². The van der Waals surface area contributed by atoms with Gasteiger partial charge < -0.3 is 9.64 Å². The zero-order valence-electron chi connectivity index (χ0n) is 15.0. The van der Waals surface area contributed by atoms with Gasteiger partial charge in [-0.1, -0.05) is 53.6 Å². The minimum atomic E-state index is -0.00368. The van der Waals surface area contributed by atoms with E-state index in [1.807, 2.05) is 66.4 Å². The molecule has 0 aromatic heterocycles. The zero-order valence-corrected chi connectivity index (χ0v) is 15.8. The fraction of sp³-hybridized carbons (Fsp3) is 0.318. The lowest BCUT2D eigenvalue weighted by molar-refractivity contribution is -0.128. The van der Waals surface area contributed by atoms with Gasteiger partial charge in [-0.2, -0.15) is 0 Å². The van der Waals surface area contributed by atoms with Crippen LogP contribution >= 0.6 is 11.6 Å². The van der Waals surface area contributed by atoms with Crippen LogP contribution in [0.25, 0.3) is 6.08 Å². The number of benzene rings is 2. The Kier molecular flexibility index (Phi) is 6.48. The van der Waals surface area contributed by atoms with E-state index in [-0.39, 0.29) is 12.0 Å². The predicted molar refractivity (Wildman–Crippen MR) is 106 cm³/mol. The monoisotopic (exact) mass is 369 g/mol. The standard InChI is InChI=1S/C22H24ClNO2/c1-17-4-6-18(7-5-17)10-13-22(25)24(16-21-3-2-14-26-21)15-19-8-11-20(23)12-9-19/h4-13,21H,2-3,14-16H2,1H3/b13-10+/t21-/m1/s1. The van der Waals surface area contributed by atoms with E-state index in [9.17, 15) is 4.79 Å². The molecule has 0 spiro atoms. The molecule has 0 unspecified atom stereocenters. The predicted octanol–water partition coefficient (Wildman–Crippen LogP) is 4.87. The normalized spacial score (nSPS) is 16.9. The van der Waals surface area contributed by atoms with Gasteiger partial charge in [-0.05, 0) is 49.1 Å². The van der Waals surface area contributed by atoms with Crippen LogP contribution in [-0.2, 0) is 16.1 Å². The van der Waals surface area contributed by atoms with Crippen molar-refractivity contribution in [1.29, 1.82) is 0 Å². The smallest absolute Gasteiger partial charge is 0.246 e.